The number of ether oxygens (including phenoxy) is 1. The highest BCUT2D eigenvalue weighted by atomic mass is 79.9. The van der Waals surface area contributed by atoms with Crippen LogP contribution in [0.4, 0.5) is 0 Å². The van der Waals surface area contributed by atoms with Crippen LogP contribution < -0.4 is 4.74 Å². The first-order chi connectivity index (χ1) is 8.97. The first-order valence-electron chi connectivity index (χ1n) is 6.03. The van der Waals surface area contributed by atoms with Crippen molar-refractivity contribution in [3.05, 3.63) is 57.6 Å². The zero-order valence-electron chi connectivity index (χ0n) is 11.2. The van der Waals surface area contributed by atoms with E-state index in [1.165, 1.54) is 12.5 Å². The Hall–Kier alpha value is -1.61. The maximum atomic E-state index is 11.6. The average Bonchev–Trinajstić information content (AvgIpc) is 2.32. The molecule has 2 rings (SSSR count). The molecular weight excluding hydrogens is 304 g/mol. The molecule has 0 spiro atoms. The SMILES string of the molecule is CC(=O)c1ccc(Br)cc1Oc1ccc(C)cc1C. The van der Waals surface area contributed by atoms with Crippen molar-refractivity contribution in [1.82, 2.24) is 0 Å². The monoisotopic (exact) mass is 318 g/mol. The van der Waals surface area contributed by atoms with Crippen molar-refractivity contribution in [3.8, 4) is 11.5 Å². The van der Waals surface area contributed by atoms with Crippen molar-refractivity contribution in [3.63, 3.8) is 0 Å². The van der Waals surface area contributed by atoms with Crippen molar-refractivity contribution >= 4 is 21.7 Å². The highest BCUT2D eigenvalue weighted by Crippen LogP contribution is 2.31. The average molecular weight is 319 g/mol. The van der Waals surface area contributed by atoms with Crippen LogP contribution in [-0.2, 0) is 0 Å². The zero-order chi connectivity index (χ0) is 14.0. The Morgan fingerprint density at radius 1 is 1.05 bits per heavy atom. The van der Waals surface area contributed by atoms with Gasteiger partial charge in [-0.3, -0.25) is 4.79 Å². The second-order valence-electron chi connectivity index (χ2n) is 4.57. The Morgan fingerprint density at radius 2 is 1.79 bits per heavy atom. The molecular formula is C16H15BrO2. The third-order valence-corrected chi connectivity index (χ3v) is 3.37. The first kappa shape index (κ1) is 13.8. The molecule has 0 aliphatic heterocycles. The van der Waals surface area contributed by atoms with Crippen LogP contribution in [0.5, 0.6) is 11.5 Å². The molecule has 0 atom stereocenters. The van der Waals surface area contributed by atoms with E-state index in [1.54, 1.807) is 6.07 Å². The highest BCUT2D eigenvalue weighted by molar-refractivity contribution is 9.10. The van der Waals surface area contributed by atoms with E-state index >= 15 is 0 Å². The fraction of sp³-hybridized carbons (Fsp3) is 0.188. The molecule has 0 heterocycles. The Kier molecular flexibility index (Phi) is 4.05. The van der Waals surface area contributed by atoms with E-state index in [1.807, 2.05) is 38.1 Å². The molecule has 2 nitrogen and oxygen atoms in total. The summed E-state index contributed by atoms with van der Waals surface area (Å²) in [5.74, 6) is 1.34. The zero-order valence-corrected chi connectivity index (χ0v) is 12.7. The van der Waals surface area contributed by atoms with Crippen molar-refractivity contribution in [2.24, 2.45) is 0 Å². The smallest absolute Gasteiger partial charge is 0.163 e. The van der Waals surface area contributed by atoms with Crippen molar-refractivity contribution in [2.75, 3.05) is 0 Å². The topological polar surface area (TPSA) is 26.3 Å². The van der Waals surface area contributed by atoms with Gasteiger partial charge in [-0.2, -0.15) is 0 Å². The predicted octanol–water partition coefficient (Wildman–Crippen LogP) is 5.06. The Morgan fingerprint density at radius 3 is 2.42 bits per heavy atom. The summed E-state index contributed by atoms with van der Waals surface area (Å²) in [7, 11) is 0. The number of Topliss-reactive ketones (excluding diaryl/α,β-unsaturated/α-hetero) is 1. The summed E-state index contributed by atoms with van der Waals surface area (Å²) in [6, 6.07) is 11.4. The molecule has 98 valence electrons. The molecule has 0 N–H and O–H groups in total. The van der Waals surface area contributed by atoms with Crippen molar-refractivity contribution in [2.45, 2.75) is 20.8 Å². The number of aryl methyl sites for hydroxylation is 2. The normalized spacial score (nSPS) is 10.3. The molecule has 0 fully saturated rings. The number of benzene rings is 2. The lowest BCUT2D eigenvalue weighted by Crippen LogP contribution is -1.98. The molecule has 0 amide bonds. The van der Waals surface area contributed by atoms with Crippen LogP contribution in [0.25, 0.3) is 0 Å². The summed E-state index contributed by atoms with van der Waals surface area (Å²) >= 11 is 3.40. The van der Waals surface area contributed by atoms with Gasteiger partial charge in [-0.15, -0.1) is 0 Å². The minimum atomic E-state index is -0.00716. The quantitative estimate of drug-likeness (QED) is 0.739. The molecule has 3 heteroatoms. The van der Waals surface area contributed by atoms with Crippen LogP contribution in [0.1, 0.15) is 28.4 Å². The van der Waals surface area contributed by atoms with E-state index in [-0.39, 0.29) is 5.78 Å². The van der Waals surface area contributed by atoms with Gasteiger partial charge in [0.25, 0.3) is 0 Å². The van der Waals surface area contributed by atoms with Crippen molar-refractivity contribution in [1.29, 1.82) is 0 Å². The lowest BCUT2D eigenvalue weighted by atomic mass is 10.1. The number of ketones is 1. The molecule has 0 saturated heterocycles. The Bertz CT molecular complexity index is 633. The van der Waals surface area contributed by atoms with Crippen LogP contribution >= 0.6 is 15.9 Å². The number of hydrogen-bond acceptors (Lipinski definition) is 2. The molecule has 19 heavy (non-hydrogen) atoms. The standard InChI is InChI=1S/C16H15BrO2/c1-10-4-7-15(11(2)8-10)19-16-9-13(17)5-6-14(16)12(3)18/h4-9H,1-3H3. The molecule has 0 aliphatic rings. The van der Waals surface area contributed by atoms with Gasteiger partial charge in [-0.1, -0.05) is 33.6 Å². The van der Waals surface area contributed by atoms with E-state index < -0.39 is 0 Å². The van der Waals surface area contributed by atoms with Crippen LogP contribution in [0.3, 0.4) is 0 Å². The van der Waals surface area contributed by atoms with E-state index in [4.69, 9.17) is 4.74 Å². The van der Waals surface area contributed by atoms with Gasteiger partial charge >= 0.3 is 0 Å². The summed E-state index contributed by atoms with van der Waals surface area (Å²) < 4.78 is 6.77. The summed E-state index contributed by atoms with van der Waals surface area (Å²) in [6.45, 7) is 5.57. The number of rotatable bonds is 3. The molecule has 0 radical (unpaired) electrons. The molecule has 0 saturated carbocycles. The second kappa shape index (κ2) is 5.57. The largest absolute Gasteiger partial charge is 0.456 e. The maximum Gasteiger partial charge on any atom is 0.163 e. The first-order valence-corrected chi connectivity index (χ1v) is 6.82. The molecule has 0 unspecified atom stereocenters. The fourth-order valence-electron chi connectivity index (χ4n) is 1.90. The Labute approximate surface area is 121 Å². The van der Waals surface area contributed by atoms with Gasteiger partial charge in [0.1, 0.15) is 11.5 Å². The molecule has 2 aromatic carbocycles. The molecule has 0 bridgehead atoms. The van der Waals surface area contributed by atoms with E-state index in [9.17, 15) is 4.79 Å². The molecule has 2 aromatic rings. The third-order valence-electron chi connectivity index (χ3n) is 2.87. The summed E-state index contributed by atoms with van der Waals surface area (Å²) in [4.78, 5) is 11.6. The number of halogens is 1. The maximum absolute atomic E-state index is 11.6. The van der Waals surface area contributed by atoms with Crippen LogP contribution in [-0.4, -0.2) is 5.78 Å². The van der Waals surface area contributed by atoms with E-state index in [0.29, 0.717) is 11.3 Å². The van der Waals surface area contributed by atoms with Gasteiger partial charge < -0.3 is 4.74 Å². The second-order valence-corrected chi connectivity index (χ2v) is 5.48. The van der Waals surface area contributed by atoms with Crippen LogP contribution in [0.2, 0.25) is 0 Å². The van der Waals surface area contributed by atoms with Gasteiger partial charge in [0.2, 0.25) is 0 Å². The van der Waals surface area contributed by atoms with Gasteiger partial charge in [0.15, 0.2) is 5.78 Å². The number of carbonyl (C=O) groups is 1. The van der Waals surface area contributed by atoms with Gasteiger partial charge in [-0.05, 0) is 50.6 Å². The minimum Gasteiger partial charge on any atom is -0.456 e. The van der Waals surface area contributed by atoms with Gasteiger partial charge in [-0.25, -0.2) is 0 Å². The lowest BCUT2D eigenvalue weighted by molar-refractivity contribution is 0.101. The van der Waals surface area contributed by atoms with Crippen LogP contribution in [0.15, 0.2) is 40.9 Å². The minimum absolute atomic E-state index is 0.00716. The summed E-state index contributed by atoms with van der Waals surface area (Å²) in [6.07, 6.45) is 0. The Balaban J connectivity index is 2.42. The highest BCUT2D eigenvalue weighted by Gasteiger charge is 2.11. The third kappa shape index (κ3) is 3.24. The number of hydrogen-bond donors (Lipinski definition) is 0. The van der Waals surface area contributed by atoms with Gasteiger partial charge in [0, 0.05) is 4.47 Å². The molecule has 0 aromatic heterocycles. The summed E-state index contributed by atoms with van der Waals surface area (Å²) in [5, 5.41) is 0. The van der Waals surface area contributed by atoms with E-state index in [2.05, 4.69) is 22.0 Å². The van der Waals surface area contributed by atoms with E-state index in [0.717, 1.165) is 15.8 Å². The van der Waals surface area contributed by atoms with Gasteiger partial charge in [0.05, 0.1) is 5.56 Å². The lowest BCUT2D eigenvalue weighted by Gasteiger charge is -2.12. The predicted molar refractivity (Wildman–Crippen MR) is 80.1 cm³/mol. The summed E-state index contributed by atoms with van der Waals surface area (Å²) in [5.41, 5.74) is 2.82. The van der Waals surface area contributed by atoms with Crippen molar-refractivity contribution < 1.29 is 9.53 Å². The fourth-order valence-corrected chi connectivity index (χ4v) is 2.24. The molecule has 0 aliphatic carbocycles. The number of carbonyl (C=O) groups excluding carboxylic acids is 1. The van der Waals surface area contributed by atoms with Crippen LogP contribution in [0, 0.1) is 13.8 Å².